The van der Waals surface area contributed by atoms with Crippen LogP contribution in [0.15, 0.2) is 24.3 Å². The summed E-state index contributed by atoms with van der Waals surface area (Å²) in [5.41, 5.74) is 1.27. The van der Waals surface area contributed by atoms with Crippen molar-refractivity contribution in [1.29, 1.82) is 0 Å². The lowest BCUT2D eigenvalue weighted by molar-refractivity contribution is 0.200. The highest BCUT2D eigenvalue weighted by molar-refractivity contribution is 5.33. The molecule has 3 N–H and O–H groups in total. The Hall–Kier alpha value is -1.06. The molecule has 0 aliphatic heterocycles. The monoisotopic (exact) mass is 282 g/mol. The lowest BCUT2D eigenvalue weighted by Gasteiger charge is -2.10. The number of unbranched alkanes of at least 4 members (excludes halogenated alkanes) is 6. The number of aliphatic hydroxyl groups is 1. The molecule has 0 bridgehead atoms. The Morgan fingerprint density at radius 1 is 0.950 bits per heavy atom. The summed E-state index contributed by atoms with van der Waals surface area (Å²) in [6.45, 7) is 2.71. The van der Waals surface area contributed by atoms with Crippen molar-refractivity contribution >= 4 is 0 Å². The van der Waals surface area contributed by atoms with Crippen LogP contribution in [0.1, 0.15) is 57.4 Å². The third kappa shape index (κ3) is 8.18. The number of aryl methyl sites for hydroxylation is 1. The molecular weight excluding hydrogens is 252 g/mol. The third-order valence-electron chi connectivity index (χ3n) is 3.37. The van der Waals surface area contributed by atoms with Crippen molar-refractivity contribution in [3.05, 3.63) is 29.8 Å². The molecule has 3 heteroatoms. The first-order valence-electron chi connectivity index (χ1n) is 7.70. The van der Waals surface area contributed by atoms with E-state index in [0.29, 0.717) is 6.61 Å². The highest BCUT2D eigenvalue weighted by Gasteiger charge is 2.02. The fourth-order valence-corrected chi connectivity index (χ4v) is 2.28. The van der Waals surface area contributed by atoms with Gasteiger partial charge in [0.25, 0.3) is 0 Å². The van der Waals surface area contributed by atoms with Crippen LogP contribution in [0.3, 0.4) is 0 Å². The quantitative estimate of drug-likeness (QED) is 0.631. The van der Waals surface area contributed by atoms with Crippen molar-refractivity contribution in [2.24, 2.45) is 0 Å². The predicted octanol–water partition coefficient (Wildman–Crippen LogP) is 3.53. The number of ether oxygens (including phenoxy) is 1. The van der Waals surface area contributed by atoms with E-state index < -0.39 is 0 Å². The molecule has 0 atom stereocenters. The van der Waals surface area contributed by atoms with Crippen LogP contribution in [0, 0.1) is 0 Å². The van der Waals surface area contributed by atoms with Gasteiger partial charge in [0.05, 0.1) is 6.61 Å². The molecule has 0 saturated carbocycles. The minimum atomic E-state index is 0. The van der Waals surface area contributed by atoms with Crippen LogP contribution in [-0.4, -0.2) is 23.8 Å². The summed E-state index contributed by atoms with van der Waals surface area (Å²) >= 11 is 0. The lowest BCUT2D eigenvalue weighted by Crippen LogP contribution is -2.03. The smallest absolute Gasteiger partial charge is 0.122 e. The third-order valence-corrected chi connectivity index (χ3v) is 3.37. The molecule has 1 aromatic carbocycles. The zero-order valence-electron chi connectivity index (χ0n) is 12.7. The Morgan fingerprint density at radius 3 is 2.30 bits per heavy atom. The van der Waals surface area contributed by atoms with Gasteiger partial charge in [-0.2, -0.15) is 0 Å². The number of rotatable bonds is 11. The van der Waals surface area contributed by atoms with E-state index in [1.807, 2.05) is 12.1 Å². The predicted molar refractivity (Wildman–Crippen MR) is 84.3 cm³/mol. The molecule has 1 aromatic rings. The van der Waals surface area contributed by atoms with Gasteiger partial charge in [-0.25, -0.2) is 0 Å². The van der Waals surface area contributed by atoms with Crippen molar-refractivity contribution in [2.45, 2.75) is 58.3 Å². The van der Waals surface area contributed by atoms with Crippen LogP contribution >= 0.6 is 0 Å². The summed E-state index contributed by atoms with van der Waals surface area (Å²) in [6.07, 6.45) is 10.4. The molecule has 0 fully saturated rings. The summed E-state index contributed by atoms with van der Waals surface area (Å²) in [4.78, 5) is 0. The zero-order chi connectivity index (χ0) is 13.8. The van der Waals surface area contributed by atoms with Gasteiger partial charge in [-0.3, -0.25) is 0 Å². The van der Waals surface area contributed by atoms with Crippen molar-refractivity contribution in [3.8, 4) is 5.75 Å². The normalized spacial score (nSPS) is 10.1. The van der Waals surface area contributed by atoms with Gasteiger partial charge in [0.1, 0.15) is 12.4 Å². The van der Waals surface area contributed by atoms with Crippen LogP contribution in [0.25, 0.3) is 0 Å². The maximum atomic E-state index is 8.81. The highest BCUT2D eigenvalue weighted by atomic mass is 16.5. The molecule has 0 aliphatic rings. The number of hydrogen-bond donors (Lipinski definition) is 1. The van der Waals surface area contributed by atoms with Gasteiger partial charge in [0, 0.05) is 0 Å². The van der Waals surface area contributed by atoms with E-state index in [1.54, 1.807) is 0 Å². The van der Waals surface area contributed by atoms with E-state index >= 15 is 0 Å². The number of hydrogen-bond acceptors (Lipinski definition) is 2. The number of benzene rings is 1. The Bertz CT molecular complexity index is 326. The second-order valence-electron chi connectivity index (χ2n) is 5.05. The Balaban J connectivity index is 0.00000361. The van der Waals surface area contributed by atoms with Gasteiger partial charge in [-0.15, -0.1) is 0 Å². The zero-order valence-corrected chi connectivity index (χ0v) is 12.7. The number of para-hydroxylation sites is 1. The van der Waals surface area contributed by atoms with Crippen molar-refractivity contribution in [2.75, 3.05) is 13.2 Å². The first kappa shape index (κ1) is 18.9. The summed E-state index contributed by atoms with van der Waals surface area (Å²) in [7, 11) is 0. The lowest BCUT2D eigenvalue weighted by atomic mass is 10.0. The topological polar surface area (TPSA) is 61.0 Å². The Kier molecular flexibility index (Phi) is 12.3. The second kappa shape index (κ2) is 12.9. The first-order chi connectivity index (χ1) is 9.38. The molecule has 0 radical (unpaired) electrons. The minimum Gasteiger partial charge on any atom is -0.491 e. The fourth-order valence-electron chi connectivity index (χ4n) is 2.28. The van der Waals surface area contributed by atoms with Crippen molar-refractivity contribution in [3.63, 3.8) is 0 Å². The Morgan fingerprint density at radius 2 is 1.60 bits per heavy atom. The molecule has 0 amide bonds. The summed E-state index contributed by atoms with van der Waals surface area (Å²) in [6, 6.07) is 8.17. The molecule has 1 rings (SSSR count). The van der Waals surface area contributed by atoms with Crippen molar-refractivity contribution < 1.29 is 15.3 Å². The summed E-state index contributed by atoms with van der Waals surface area (Å²) < 4.78 is 5.55. The average molecular weight is 282 g/mol. The van der Waals surface area contributed by atoms with Crippen molar-refractivity contribution in [1.82, 2.24) is 0 Å². The van der Waals surface area contributed by atoms with Crippen LogP contribution in [-0.2, 0) is 6.42 Å². The van der Waals surface area contributed by atoms with Gasteiger partial charge < -0.3 is 15.3 Å². The molecule has 20 heavy (non-hydrogen) atoms. The first-order valence-corrected chi connectivity index (χ1v) is 7.70. The highest BCUT2D eigenvalue weighted by Crippen LogP contribution is 2.20. The second-order valence-corrected chi connectivity index (χ2v) is 5.05. The summed E-state index contributed by atoms with van der Waals surface area (Å²) in [5.74, 6) is 0.933. The molecule has 0 saturated heterocycles. The van der Waals surface area contributed by atoms with Gasteiger partial charge in [0.15, 0.2) is 0 Å². The fraction of sp³-hybridized carbons (Fsp3) is 0.647. The van der Waals surface area contributed by atoms with Gasteiger partial charge in [-0.1, -0.05) is 63.6 Å². The van der Waals surface area contributed by atoms with Gasteiger partial charge in [0.2, 0.25) is 0 Å². The largest absolute Gasteiger partial charge is 0.491 e. The van der Waals surface area contributed by atoms with Gasteiger partial charge >= 0.3 is 0 Å². The van der Waals surface area contributed by atoms with Crippen LogP contribution in [0.2, 0.25) is 0 Å². The van der Waals surface area contributed by atoms with E-state index in [9.17, 15) is 0 Å². The molecule has 0 unspecified atom stereocenters. The van der Waals surface area contributed by atoms with Crippen LogP contribution < -0.4 is 4.74 Å². The van der Waals surface area contributed by atoms with Crippen LogP contribution in [0.5, 0.6) is 5.75 Å². The minimum absolute atomic E-state index is 0. The van der Waals surface area contributed by atoms with E-state index in [0.717, 1.165) is 12.2 Å². The molecule has 0 spiro atoms. The van der Waals surface area contributed by atoms with E-state index in [2.05, 4.69) is 19.1 Å². The van der Waals surface area contributed by atoms with Gasteiger partial charge in [-0.05, 0) is 24.5 Å². The van der Waals surface area contributed by atoms with Crippen LogP contribution in [0.4, 0.5) is 0 Å². The molecule has 116 valence electrons. The maximum absolute atomic E-state index is 8.81. The molecule has 0 aliphatic carbocycles. The molecule has 0 aromatic heterocycles. The van der Waals surface area contributed by atoms with E-state index in [4.69, 9.17) is 9.84 Å². The Labute approximate surface area is 123 Å². The SMILES string of the molecule is CCCCCCCCCc1ccccc1OCCO.O. The molecular formula is C17H30O3. The standard InChI is InChI=1S/C17H28O2.H2O/c1-2-3-4-5-6-7-8-11-16-12-9-10-13-17(16)19-15-14-18;/h9-10,12-13,18H,2-8,11,14-15H2,1H3;1H2. The number of aliphatic hydroxyl groups excluding tert-OH is 1. The molecule has 0 heterocycles. The molecule has 3 nitrogen and oxygen atoms in total. The average Bonchev–Trinajstić information content (AvgIpc) is 2.45. The maximum Gasteiger partial charge on any atom is 0.122 e. The summed E-state index contributed by atoms with van der Waals surface area (Å²) in [5, 5.41) is 8.81. The van der Waals surface area contributed by atoms with E-state index in [-0.39, 0.29) is 12.1 Å². The van der Waals surface area contributed by atoms with E-state index in [1.165, 1.54) is 50.5 Å².